The third kappa shape index (κ3) is 9.24. The summed E-state index contributed by atoms with van der Waals surface area (Å²) in [5, 5.41) is 12.4. The molecule has 0 saturated heterocycles. The lowest BCUT2D eigenvalue weighted by atomic mass is 9.91. The molecule has 37 heavy (non-hydrogen) atoms. The van der Waals surface area contributed by atoms with Crippen LogP contribution in [0.15, 0.2) is 72.5 Å². The van der Waals surface area contributed by atoms with Gasteiger partial charge in [0.05, 0.1) is 37.3 Å². The lowest BCUT2D eigenvalue weighted by Crippen LogP contribution is -2.45. The minimum atomic E-state index is -3.36. The average molecular weight is 542 g/mol. The fourth-order valence-corrected chi connectivity index (χ4v) is 3.38. The van der Waals surface area contributed by atoms with E-state index in [1.165, 1.54) is 24.3 Å². The van der Waals surface area contributed by atoms with Crippen LogP contribution in [-0.4, -0.2) is 56.4 Å². The molecule has 0 spiro atoms. The van der Waals surface area contributed by atoms with Crippen molar-refractivity contribution in [2.75, 3.05) is 32.1 Å². The molecule has 4 N–H and O–H groups in total. The van der Waals surface area contributed by atoms with Gasteiger partial charge in [0.25, 0.3) is 0 Å². The van der Waals surface area contributed by atoms with E-state index in [0.29, 0.717) is 6.08 Å². The SMILES string of the molecule is Cl.[2H]/C(=C(/[2H])C1([2H])C=C(OC([2H])([2H])[2H])CC([2H])(OC([2H])([2H])[2H])C1([2H])[2H])c1ccc(N(CCNC(=O)C(N)Cc2ccccc2)C(=O)O)cc1. The Bertz CT molecular complexity index is 1540. The molecule has 3 atom stereocenters. The Morgan fingerprint density at radius 1 is 1.30 bits per heavy atom. The lowest BCUT2D eigenvalue weighted by Gasteiger charge is -2.25. The van der Waals surface area contributed by atoms with Gasteiger partial charge in [-0.15, -0.1) is 12.4 Å². The number of ether oxygens (including phenoxy) is 2. The molecule has 200 valence electrons. The van der Waals surface area contributed by atoms with Crippen molar-refractivity contribution in [1.82, 2.24) is 5.32 Å². The number of nitrogens with zero attached hydrogens (tertiary/aromatic N) is 1. The number of hydrogen-bond acceptors (Lipinski definition) is 5. The van der Waals surface area contributed by atoms with E-state index in [4.69, 9.17) is 31.7 Å². The number of carbonyl (C=O) groups excluding carboxylic acids is 1. The van der Waals surface area contributed by atoms with Gasteiger partial charge in [0, 0.05) is 42.2 Å². The third-order valence-corrected chi connectivity index (χ3v) is 5.19. The molecule has 0 saturated carbocycles. The molecule has 9 heteroatoms. The summed E-state index contributed by atoms with van der Waals surface area (Å²) in [6.45, 7) is -0.277. The first-order chi connectivity index (χ1) is 22.0. The van der Waals surface area contributed by atoms with Crippen molar-refractivity contribution in [1.29, 1.82) is 0 Å². The topological polar surface area (TPSA) is 114 Å². The molecule has 0 aliphatic heterocycles. The first kappa shape index (κ1) is 16.5. The van der Waals surface area contributed by atoms with Gasteiger partial charge in [0.2, 0.25) is 5.91 Å². The highest BCUT2D eigenvalue weighted by molar-refractivity contribution is 5.86. The van der Waals surface area contributed by atoms with Gasteiger partial charge < -0.3 is 25.6 Å². The Kier molecular flexibility index (Phi) is 6.71. The molecule has 0 bridgehead atoms. The van der Waals surface area contributed by atoms with Gasteiger partial charge in [-0.2, -0.15) is 0 Å². The number of hydrogen-bond donors (Lipinski definition) is 3. The van der Waals surface area contributed by atoms with Crippen molar-refractivity contribution in [3.8, 4) is 0 Å². The van der Waals surface area contributed by atoms with E-state index in [2.05, 4.69) is 5.32 Å². The van der Waals surface area contributed by atoms with Crippen molar-refractivity contribution >= 4 is 36.1 Å². The maximum Gasteiger partial charge on any atom is 0.411 e. The Morgan fingerprint density at radius 3 is 2.73 bits per heavy atom. The highest BCUT2D eigenvalue weighted by Crippen LogP contribution is 2.27. The molecule has 0 radical (unpaired) electrons. The van der Waals surface area contributed by atoms with Gasteiger partial charge in [-0.25, -0.2) is 4.79 Å². The number of nitrogens with one attached hydrogen (secondary N) is 1. The van der Waals surface area contributed by atoms with Crippen LogP contribution in [0.4, 0.5) is 10.5 Å². The number of allylic oxidation sites excluding steroid dienone is 2. The number of carboxylic acid groups (broad SMARTS) is 1. The van der Waals surface area contributed by atoms with Gasteiger partial charge in [0.1, 0.15) is 0 Å². The highest BCUT2D eigenvalue weighted by Gasteiger charge is 2.21. The zero-order chi connectivity index (χ0) is 36.3. The zero-order valence-corrected chi connectivity index (χ0v) is 20.5. The number of anilines is 1. The minimum absolute atomic E-state index is 0. The van der Waals surface area contributed by atoms with Gasteiger partial charge in [-0.3, -0.25) is 9.69 Å². The van der Waals surface area contributed by atoms with Gasteiger partial charge in [-0.1, -0.05) is 54.6 Å². The molecule has 0 fully saturated rings. The fourth-order valence-electron chi connectivity index (χ4n) is 3.38. The van der Waals surface area contributed by atoms with Crippen molar-refractivity contribution in [2.24, 2.45) is 11.6 Å². The maximum atomic E-state index is 12.4. The molecule has 2 aromatic carbocycles. The van der Waals surface area contributed by atoms with Crippen LogP contribution < -0.4 is 16.0 Å². The van der Waals surface area contributed by atoms with Crippen molar-refractivity contribution in [2.45, 2.75) is 31.3 Å². The predicted octanol–water partition coefficient (Wildman–Crippen LogP) is 4.25. The molecule has 1 aliphatic carbocycles. The second-order valence-corrected chi connectivity index (χ2v) is 7.77. The number of methoxy groups -OCH3 is 2. The van der Waals surface area contributed by atoms with E-state index >= 15 is 0 Å². The van der Waals surface area contributed by atoms with Crippen LogP contribution >= 0.6 is 12.4 Å². The number of carbonyl (C=O) groups is 2. The summed E-state index contributed by atoms with van der Waals surface area (Å²) in [6, 6.07) is 11.3. The zero-order valence-electron chi connectivity index (χ0n) is 31.7. The number of amides is 2. The smallest absolute Gasteiger partial charge is 0.411 e. The summed E-state index contributed by atoms with van der Waals surface area (Å²) >= 11 is 0. The predicted molar refractivity (Wildman–Crippen MR) is 148 cm³/mol. The first-order valence-corrected chi connectivity index (χ1v) is 11.0. The Morgan fingerprint density at radius 2 is 2.05 bits per heavy atom. The summed E-state index contributed by atoms with van der Waals surface area (Å²) in [6.07, 6.45) is -8.01. The first-order valence-electron chi connectivity index (χ1n) is 17.0. The highest BCUT2D eigenvalue weighted by atomic mass is 35.5. The molecular weight excluding hydrogens is 494 g/mol. The number of rotatable bonds is 11. The van der Waals surface area contributed by atoms with Crippen LogP contribution in [0.3, 0.4) is 0 Å². The Balaban J connectivity index is 0.00000833. The molecule has 3 unspecified atom stereocenters. The quantitative estimate of drug-likeness (QED) is 0.392. The van der Waals surface area contributed by atoms with Crippen LogP contribution in [0.1, 0.15) is 40.4 Å². The molecule has 3 rings (SSSR count). The summed E-state index contributed by atoms with van der Waals surface area (Å²) in [7, 11) is -6.51. The molecule has 0 aromatic heterocycles. The van der Waals surface area contributed by atoms with Crippen molar-refractivity contribution in [3.05, 3.63) is 83.6 Å². The van der Waals surface area contributed by atoms with E-state index < -0.39 is 74.7 Å². The van der Waals surface area contributed by atoms with Gasteiger partial charge in [0.15, 0.2) is 0 Å². The summed E-state index contributed by atoms with van der Waals surface area (Å²) < 4.78 is 106. The van der Waals surface area contributed by atoms with Crippen LogP contribution in [0.2, 0.25) is 0 Å². The molecule has 8 nitrogen and oxygen atoms in total. The van der Waals surface area contributed by atoms with Crippen LogP contribution in [-0.2, 0) is 20.7 Å². The maximum absolute atomic E-state index is 12.4. The lowest BCUT2D eigenvalue weighted by molar-refractivity contribution is -0.122. The van der Waals surface area contributed by atoms with Crippen LogP contribution in [0.5, 0.6) is 0 Å². The molecule has 2 amide bonds. The van der Waals surface area contributed by atoms with E-state index in [0.717, 1.165) is 10.5 Å². The number of halogens is 1. The van der Waals surface area contributed by atoms with E-state index in [9.17, 15) is 14.7 Å². The largest absolute Gasteiger partial charge is 0.501 e. The Hall–Kier alpha value is -3.33. The fraction of sp³-hybridized carbons (Fsp3) is 0.357. The third-order valence-electron chi connectivity index (χ3n) is 5.19. The second-order valence-electron chi connectivity index (χ2n) is 7.77. The molecule has 2 aromatic rings. The Labute approximate surface area is 241 Å². The van der Waals surface area contributed by atoms with E-state index in [-0.39, 0.29) is 43.2 Å². The van der Waals surface area contributed by atoms with Crippen LogP contribution in [0.25, 0.3) is 6.05 Å². The van der Waals surface area contributed by atoms with Crippen molar-refractivity contribution < 1.29 is 40.6 Å². The summed E-state index contributed by atoms with van der Waals surface area (Å²) in [5.74, 6) is -4.25. The standard InChI is InChI=1S/C28H35N3O5.ClH/c1-35-24-16-22(17-25(19-24)36-2)9-8-20-10-12-23(13-11-20)31(28(33)34)15-14-30-27(32)26(29)18-21-6-4-3-5-7-21;/h3-13,16,22,25-26H,14-15,17-19,29H2,1-2H3,(H,30,32)(H,33,34);1H/b9-8+;/i1D3,2D3,8D,9D,17D2,22D,25D;. The van der Waals surface area contributed by atoms with Gasteiger partial charge in [-0.05, 0) is 42.1 Å². The van der Waals surface area contributed by atoms with Crippen LogP contribution in [0, 0.1) is 5.89 Å². The van der Waals surface area contributed by atoms with E-state index in [1.54, 1.807) is 0 Å². The summed E-state index contributed by atoms with van der Waals surface area (Å²) in [5.41, 5.74) is 6.83. The molecule has 0 heterocycles. The van der Waals surface area contributed by atoms with Gasteiger partial charge >= 0.3 is 6.09 Å². The second kappa shape index (κ2) is 15.0. The average Bonchev–Trinajstić information content (AvgIpc) is 2.96. The summed E-state index contributed by atoms with van der Waals surface area (Å²) in [4.78, 5) is 25.3. The van der Waals surface area contributed by atoms with E-state index in [1.807, 2.05) is 30.3 Å². The number of benzene rings is 2. The molecular formula is C28H36ClN3O5. The minimum Gasteiger partial charge on any atom is -0.501 e. The monoisotopic (exact) mass is 541 g/mol. The normalized spacial score (nSPS) is 29.2. The van der Waals surface area contributed by atoms with Crippen molar-refractivity contribution in [3.63, 3.8) is 0 Å². The molecule has 1 aliphatic rings. The number of nitrogens with two attached hydrogens (primary N) is 1.